The van der Waals surface area contributed by atoms with Crippen LogP contribution in [0.1, 0.15) is 38.0 Å². The van der Waals surface area contributed by atoms with Crippen LogP contribution in [-0.2, 0) is 4.74 Å². The predicted octanol–water partition coefficient (Wildman–Crippen LogP) is 3.79. The summed E-state index contributed by atoms with van der Waals surface area (Å²) in [5.74, 6) is 0.303. The Morgan fingerprint density at radius 1 is 1.00 bits per heavy atom. The number of rotatable bonds is 3. The Bertz CT molecular complexity index is 748. The molecule has 3 rings (SSSR count). The zero-order chi connectivity index (χ0) is 17.6. The lowest BCUT2D eigenvalue weighted by atomic mass is 10.1. The average Bonchev–Trinajstić information content (AvgIpc) is 2.94. The standard InChI is InChI=1S/C20H21NO3S/c1-24-20(23)17-10-6-5-9-16(17)19(22)21-12-11-18(25-14-13-21)15-7-3-2-4-8-15/h2-10,18H,11-14H2,1H3. The highest BCUT2D eigenvalue weighted by Gasteiger charge is 2.25. The van der Waals surface area contributed by atoms with Crippen molar-refractivity contribution in [2.45, 2.75) is 11.7 Å². The van der Waals surface area contributed by atoms with Crippen LogP contribution in [0.15, 0.2) is 54.6 Å². The van der Waals surface area contributed by atoms with Crippen LogP contribution in [0.25, 0.3) is 0 Å². The highest BCUT2D eigenvalue weighted by atomic mass is 32.2. The number of ether oxygens (including phenoxy) is 1. The van der Waals surface area contributed by atoms with Gasteiger partial charge < -0.3 is 9.64 Å². The number of esters is 1. The fourth-order valence-electron chi connectivity index (χ4n) is 3.03. The third-order valence-electron chi connectivity index (χ3n) is 4.36. The molecule has 0 aromatic heterocycles. The Morgan fingerprint density at radius 3 is 2.40 bits per heavy atom. The van der Waals surface area contributed by atoms with Gasteiger partial charge in [0.15, 0.2) is 0 Å². The van der Waals surface area contributed by atoms with Crippen LogP contribution >= 0.6 is 11.8 Å². The zero-order valence-electron chi connectivity index (χ0n) is 14.2. The molecule has 0 bridgehead atoms. The minimum absolute atomic E-state index is 0.102. The molecule has 0 radical (unpaired) electrons. The fraction of sp³-hybridized carbons (Fsp3) is 0.300. The van der Waals surface area contributed by atoms with Gasteiger partial charge in [-0.2, -0.15) is 11.8 Å². The molecule has 1 saturated heterocycles. The predicted molar refractivity (Wildman–Crippen MR) is 99.9 cm³/mol. The van der Waals surface area contributed by atoms with Gasteiger partial charge in [0.25, 0.3) is 5.91 Å². The molecule has 0 aliphatic carbocycles. The molecule has 1 amide bonds. The van der Waals surface area contributed by atoms with Gasteiger partial charge in [-0.3, -0.25) is 4.79 Å². The molecule has 2 aromatic rings. The lowest BCUT2D eigenvalue weighted by molar-refractivity contribution is 0.0590. The van der Waals surface area contributed by atoms with Gasteiger partial charge in [-0.1, -0.05) is 42.5 Å². The Morgan fingerprint density at radius 2 is 1.68 bits per heavy atom. The Hall–Kier alpha value is -2.27. The number of nitrogens with zero attached hydrogens (tertiary/aromatic N) is 1. The average molecular weight is 355 g/mol. The van der Waals surface area contributed by atoms with E-state index in [0.717, 1.165) is 12.2 Å². The van der Waals surface area contributed by atoms with Gasteiger partial charge in [-0.05, 0) is 24.1 Å². The first-order valence-electron chi connectivity index (χ1n) is 8.34. The van der Waals surface area contributed by atoms with Gasteiger partial charge >= 0.3 is 5.97 Å². The van der Waals surface area contributed by atoms with Crippen LogP contribution < -0.4 is 0 Å². The van der Waals surface area contributed by atoms with Gasteiger partial charge in [-0.25, -0.2) is 4.79 Å². The Labute approximate surface area is 152 Å². The van der Waals surface area contributed by atoms with Crippen molar-refractivity contribution in [3.8, 4) is 0 Å². The maximum absolute atomic E-state index is 12.9. The Kier molecular flexibility index (Phi) is 5.76. The molecular formula is C20H21NO3S. The summed E-state index contributed by atoms with van der Waals surface area (Å²) in [6, 6.07) is 17.3. The second kappa shape index (κ2) is 8.21. The molecule has 1 fully saturated rings. The first-order valence-corrected chi connectivity index (χ1v) is 9.38. The molecule has 0 N–H and O–H groups in total. The number of carbonyl (C=O) groups excluding carboxylic acids is 2. The lowest BCUT2D eigenvalue weighted by Crippen LogP contribution is -2.34. The lowest BCUT2D eigenvalue weighted by Gasteiger charge is -2.21. The van der Waals surface area contributed by atoms with E-state index in [1.165, 1.54) is 12.7 Å². The topological polar surface area (TPSA) is 46.6 Å². The minimum atomic E-state index is -0.477. The number of amides is 1. The number of methoxy groups -OCH3 is 1. The fourth-order valence-corrected chi connectivity index (χ4v) is 4.27. The summed E-state index contributed by atoms with van der Waals surface area (Å²) < 4.78 is 4.80. The van der Waals surface area contributed by atoms with E-state index in [9.17, 15) is 9.59 Å². The maximum Gasteiger partial charge on any atom is 0.338 e. The molecule has 1 atom stereocenters. The molecule has 1 unspecified atom stereocenters. The monoisotopic (exact) mass is 355 g/mol. The van der Waals surface area contributed by atoms with Crippen molar-refractivity contribution in [1.29, 1.82) is 0 Å². The largest absolute Gasteiger partial charge is 0.465 e. The summed E-state index contributed by atoms with van der Waals surface area (Å²) in [4.78, 5) is 26.7. The van der Waals surface area contributed by atoms with Crippen LogP contribution in [0.5, 0.6) is 0 Å². The normalized spacial score (nSPS) is 17.6. The van der Waals surface area contributed by atoms with Gasteiger partial charge in [0.2, 0.25) is 0 Å². The first-order chi connectivity index (χ1) is 12.2. The van der Waals surface area contributed by atoms with Crippen LogP contribution in [0.3, 0.4) is 0 Å². The van der Waals surface area contributed by atoms with Crippen LogP contribution in [0.4, 0.5) is 0 Å². The van der Waals surface area contributed by atoms with Crippen molar-refractivity contribution in [1.82, 2.24) is 4.90 Å². The summed E-state index contributed by atoms with van der Waals surface area (Å²) in [6.45, 7) is 1.36. The second-order valence-corrected chi connectivity index (χ2v) is 7.20. The van der Waals surface area contributed by atoms with E-state index in [0.29, 0.717) is 29.5 Å². The maximum atomic E-state index is 12.9. The van der Waals surface area contributed by atoms with Gasteiger partial charge in [0.1, 0.15) is 0 Å². The van der Waals surface area contributed by atoms with E-state index < -0.39 is 5.97 Å². The van der Waals surface area contributed by atoms with E-state index in [1.54, 1.807) is 24.3 Å². The minimum Gasteiger partial charge on any atom is -0.465 e. The van der Waals surface area contributed by atoms with Crippen molar-refractivity contribution in [2.75, 3.05) is 26.0 Å². The summed E-state index contributed by atoms with van der Waals surface area (Å²) in [6.07, 6.45) is 0.904. The van der Waals surface area contributed by atoms with Crippen molar-refractivity contribution < 1.29 is 14.3 Å². The smallest absolute Gasteiger partial charge is 0.338 e. The SMILES string of the molecule is COC(=O)c1ccccc1C(=O)N1CCSC(c2ccccc2)CC1. The third kappa shape index (κ3) is 4.04. The van der Waals surface area contributed by atoms with Gasteiger partial charge in [-0.15, -0.1) is 0 Å². The summed E-state index contributed by atoms with van der Waals surface area (Å²) in [5.41, 5.74) is 2.04. The summed E-state index contributed by atoms with van der Waals surface area (Å²) >= 11 is 1.88. The quantitative estimate of drug-likeness (QED) is 0.786. The second-order valence-electron chi connectivity index (χ2n) is 5.89. The highest BCUT2D eigenvalue weighted by molar-refractivity contribution is 7.99. The molecule has 1 heterocycles. The molecule has 1 aliphatic rings. The Balaban J connectivity index is 1.75. The van der Waals surface area contributed by atoms with Gasteiger partial charge in [0, 0.05) is 24.1 Å². The van der Waals surface area contributed by atoms with Gasteiger partial charge in [0.05, 0.1) is 18.2 Å². The molecule has 0 spiro atoms. The van der Waals surface area contributed by atoms with E-state index in [4.69, 9.17) is 4.74 Å². The number of carbonyl (C=O) groups is 2. The van der Waals surface area contributed by atoms with E-state index >= 15 is 0 Å². The van der Waals surface area contributed by atoms with E-state index in [-0.39, 0.29) is 5.91 Å². The summed E-state index contributed by atoms with van der Waals surface area (Å²) in [7, 11) is 1.33. The van der Waals surface area contributed by atoms with E-state index in [1.807, 2.05) is 22.7 Å². The van der Waals surface area contributed by atoms with Crippen LogP contribution in [0.2, 0.25) is 0 Å². The zero-order valence-corrected chi connectivity index (χ0v) is 15.0. The molecule has 0 saturated carbocycles. The number of hydrogen-bond acceptors (Lipinski definition) is 4. The molecule has 25 heavy (non-hydrogen) atoms. The van der Waals surface area contributed by atoms with Crippen molar-refractivity contribution in [3.63, 3.8) is 0 Å². The number of hydrogen-bond donors (Lipinski definition) is 0. The highest BCUT2D eigenvalue weighted by Crippen LogP contribution is 2.34. The molecule has 4 nitrogen and oxygen atoms in total. The molecule has 1 aliphatic heterocycles. The number of benzene rings is 2. The molecular weight excluding hydrogens is 334 g/mol. The van der Waals surface area contributed by atoms with Crippen molar-refractivity contribution in [2.24, 2.45) is 0 Å². The molecule has 5 heteroatoms. The van der Waals surface area contributed by atoms with E-state index in [2.05, 4.69) is 24.3 Å². The summed E-state index contributed by atoms with van der Waals surface area (Å²) in [5, 5.41) is 0.398. The van der Waals surface area contributed by atoms with Crippen LogP contribution in [0, 0.1) is 0 Å². The van der Waals surface area contributed by atoms with Crippen molar-refractivity contribution in [3.05, 3.63) is 71.3 Å². The first kappa shape index (κ1) is 17.5. The van der Waals surface area contributed by atoms with Crippen LogP contribution in [-0.4, -0.2) is 42.7 Å². The number of thioether (sulfide) groups is 1. The van der Waals surface area contributed by atoms with Crippen molar-refractivity contribution >= 4 is 23.6 Å². The molecule has 130 valence electrons. The molecule has 2 aromatic carbocycles. The third-order valence-corrected chi connectivity index (χ3v) is 5.69.